The van der Waals surface area contributed by atoms with E-state index in [2.05, 4.69) is 4.98 Å². The Morgan fingerprint density at radius 3 is 2.58 bits per heavy atom. The summed E-state index contributed by atoms with van der Waals surface area (Å²) < 4.78 is 5.53. The fraction of sp³-hybridized carbons (Fsp3) is 0.357. The summed E-state index contributed by atoms with van der Waals surface area (Å²) in [6.45, 7) is 7.61. The zero-order chi connectivity index (χ0) is 14.6. The maximum atomic E-state index is 8.77. The maximum Gasteiger partial charge on any atom is 0.181 e. The van der Waals surface area contributed by atoms with Crippen molar-refractivity contribution in [3.63, 3.8) is 0 Å². The average Bonchev–Trinajstić information content (AvgIpc) is 2.80. The molecule has 0 saturated carbocycles. The summed E-state index contributed by atoms with van der Waals surface area (Å²) in [6.07, 6.45) is 1.29. The standard InChI is InChI=1S/C12H10Cl2N2O.C2H6/c1-6-5-16-12-10(6)9(17-7(2)4-15)3-8(13)11(12)14;1-2/h3,5,7,16H,1-2H3;1-2H3. The molecule has 1 aromatic heterocycles. The second-order valence-corrected chi connectivity index (χ2v) is 4.57. The third kappa shape index (κ3) is 3.15. The Hall–Kier alpha value is -1.37. The average molecular weight is 299 g/mol. The number of rotatable bonds is 2. The molecule has 19 heavy (non-hydrogen) atoms. The van der Waals surface area contributed by atoms with Crippen LogP contribution in [0.5, 0.6) is 5.75 Å². The summed E-state index contributed by atoms with van der Waals surface area (Å²) in [5.41, 5.74) is 1.73. The van der Waals surface area contributed by atoms with E-state index in [0.29, 0.717) is 15.8 Å². The van der Waals surface area contributed by atoms with Crippen molar-refractivity contribution in [1.29, 1.82) is 5.26 Å². The minimum atomic E-state index is -0.537. The van der Waals surface area contributed by atoms with E-state index in [-0.39, 0.29) is 0 Å². The minimum absolute atomic E-state index is 0.404. The summed E-state index contributed by atoms with van der Waals surface area (Å²) in [4.78, 5) is 3.05. The fourth-order valence-corrected chi connectivity index (χ4v) is 2.09. The van der Waals surface area contributed by atoms with Gasteiger partial charge in [-0.3, -0.25) is 0 Å². The van der Waals surface area contributed by atoms with Crippen molar-refractivity contribution in [1.82, 2.24) is 4.98 Å². The molecule has 0 bridgehead atoms. The molecule has 5 heteroatoms. The van der Waals surface area contributed by atoms with Crippen LogP contribution in [0.1, 0.15) is 26.3 Å². The molecule has 2 rings (SSSR count). The van der Waals surface area contributed by atoms with Gasteiger partial charge >= 0.3 is 0 Å². The van der Waals surface area contributed by atoms with Gasteiger partial charge in [-0.15, -0.1) is 0 Å². The predicted octanol–water partition coefficient (Wildman–Crippen LogP) is 5.10. The third-order valence-corrected chi connectivity index (χ3v) is 3.28. The van der Waals surface area contributed by atoms with E-state index in [0.717, 1.165) is 16.5 Å². The van der Waals surface area contributed by atoms with Crippen molar-refractivity contribution < 1.29 is 4.74 Å². The Morgan fingerprint density at radius 1 is 1.37 bits per heavy atom. The molecule has 1 aromatic carbocycles. The lowest BCUT2D eigenvalue weighted by atomic mass is 10.1. The Bertz CT molecular complexity index is 614. The topological polar surface area (TPSA) is 48.8 Å². The smallest absolute Gasteiger partial charge is 0.181 e. The number of aromatic nitrogens is 1. The first-order valence-corrected chi connectivity index (χ1v) is 6.82. The number of benzene rings is 1. The lowest BCUT2D eigenvalue weighted by molar-refractivity contribution is 0.280. The monoisotopic (exact) mass is 298 g/mol. The van der Waals surface area contributed by atoms with Crippen LogP contribution in [0.25, 0.3) is 10.9 Å². The van der Waals surface area contributed by atoms with Crippen LogP contribution in [0.4, 0.5) is 0 Å². The fourth-order valence-electron chi connectivity index (χ4n) is 1.69. The van der Waals surface area contributed by atoms with E-state index in [1.807, 2.05) is 33.0 Å². The van der Waals surface area contributed by atoms with Crippen LogP contribution >= 0.6 is 23.2 Å². The van der Waals surface area contributed by atoms with Gasteiger partial charge in [0.05, 0.1) is 15.6 Å². The zero-order valence-corrected chi connectivity index (χ0v) is 12.9. The van der Waals surface area contributed by atoms with E-state index in [4.69, 9.17) is 33.2 Å². The maximum absolute atomic E-state index is 8.77. The second-order valence-electron chi connectivity index (χ2n) is 3.78. The van der Waals surface area contributed by atoms with Gasteiger partial charge in [-0.1, -0.05) is 37.0 Å². The molecule has 2 aromatic rings. The highest BCUT2D eigenvalue weighted by Gasteiger charge is 2.15. The summed E-state index contributed by atoms with van der Waals surface area (Å²) >= 11 is 12.1. The Labute approximate surface area is 123 Å². The van der Waals surface area contributed by atoms with Crippen LogP contribution in [-0.4, -0.2) is 11.1 Å². The number of aromatic amines is 1. The number of hydrogen-bond donors (Lipinski definition) is 1. The van der Waals surface area contributed by atoms with Crippen molar-refractivity contribution in [3.05, 3.63) is 27.9 Å². The van der Waals surface area contributed by atoms with Gasteiger partial charge in [0.1, 0.15) is 11.8 Å². The summed E-state index contributed by atoms with van der Waals surface area (Å²) in [6, 6.07) is 3.66. The third-order valence-electron chi connectivity index (χ3n) is 2.50. The zero-order valence-electron chi connectivity index (χ0n) is 11.3. The van der Waals surface area contributed by atoms with Crippen LogP contribution < -0.4 is 4.74 Å². The lowest BCUT2D eigenvalue weighted by Crippen LogP contribution is -2.08. The van der Waals surface area contributed by atoms with Gasteiger partial charge in [-0.25, -0.2) is 0 Å². The van der Waals surface area contributed by atoms with Crippen molar-refractivity contribution in [2.24, 2.45) is 0 Å². The first kappa shape index (κ1) is 15.7. The molecule has 1 N–H and O–H groups in total. The van der Waals surface area contributed by atoms with Crippen molar-refractivity contribution >= 4 is 34.1 Å². The molecule has 3 nitrogen and oxygen atoms in total. The number of nitrogens with zero attached hydrogens (tertiary/aromatic N) is 1. The number of fused-ring (bicyclic) bond motifs is 1. The molecule has 0 saturated heterocycles. The highest BCUT2D eigenvalue weighted by Crippen LogP contribution is 2.38. The number of aryl methyl sites for hydroxylation is 1. The molecular weight excluding hydrogens is 283 g/mol. The van der Waals surface area contributed by atoms with E-state index in [1.165, 1.54) is 0 Å². The van der Waals surface area contributed by atoms with Gasteiger partial charge in [-0.05, 0) is 19.4 Å². The van der Waals surface area contributed by atoms with Crippen LogP contribution in [0, 0.1) is 18.3 Å². The Kier molecular flexibility index (Phi) is 5.53. The van der Waals surface area contributed by atoms with Crippen LogP contribution in [0.15, 0.2) is 12.3 Å². The van der Waals surface area contributed by atoms with Gasteiger partial charge in [0.15, 0.2) is 6.10 Å². The van der Waals surface area contributed by atoms with Gasteiger partial charge < -0.3 is 9.72 Å². The molecule has 0 spiro atoms. The molecule has 0 aliphatic heterocycles. The van der Waals surface area contributed by atoms with Crippen LogP contribution in [-0.2, 0) is 0 Å². The number of nitrogens with one attached hydrogen (secondary N) is 1. The molecule has 0 fully saturated rings. The number of hydrogen-bond acceptors (Lipinski definition) is 2. The Morgan fingerprint density at radius 2 is 2.00 bits per heavy atom. The summed E-state index contributed by atoms with van der Waals surface area (Å²) in [7, 11) is 0. The minimum Gasteiger partial charge on any atom is -0.475 e. The summed E-state index contributed by atoms with van der Waals surface area (Å²) in [5.74, 6) is 0.571. The molecule has 0 amide bonds. The SMILES string of the molecule is CC.Cc1c[nH]c2c(Cl)c(Cl)cc(OC(C)C#N)c12. The highest BCUT2D eigenvalue weighted by molar-refractivity contribution is 6.45. The highest BCUT2D eigenvalue weighted by atomic mass is 35.5. The van der Waals surface area contributed by atoms with Crippen LogP contribution in [0.2, 0.25) is 10.0 Å². The van der Waals surface area contributed by atoms with E-state index in [9.17, 15) is 0 Å². The van der Waals surface area contributed by atoms with E-state index >= 15 is 0 Å². The van der Waals surface area contributed by atoms with Crippen molar-refractivity contribution in [3.8, 4) is 11.8 Å². The number of nitriles is 1. The molecule has 0 aliphatic rings. The number of H-pyrrole nitrogens is 1. The summed E-state index contributed by atoms with van der Waals surface area (Å²) in [5, 5.41) is 10.5. The van der Waals surface area contributed by atoms with Crippen molar-refractivity contribution in [2.75, 3.05) is 0 Å². The predicted molar refractivity (Wildman–Crippen MR) is 80.1 cm³/mol. The largest absolute Gasteiger partial charge is 0.475 e. The molecule has 1 unspecified atom stereocenters. The normalized spacial score (nSPS) is 11.4. The quantitative estimate of drug-likeness (QED) is 0.838. The first-order chi connectivity index (χ1) is 9.04. The first-order valence-electron chi connectivity index (χ1n) is 6.06. The van der Waals surface area contributed by atoms with E-state index < -0.39 is 6.10 Å². The lowest BCUT2D eigenvalue weighted by Gasteiger charge is -2.11. The van der Waals surface area contributed by atoms with Crippen LogP contribution in [0.3, 0.4) is 0 Å². The van der Waals surface area contributed by atoms with Gasteiger partial charge in [-0.2, -0.15) is 5.26 Å². The number of halogens is 2. The van der Waals surface area contributed by atoms with Gasteiger partial charge in [0.2, 0.25) is 0 Å². The molecular formula is C14H16Cl2N2O. The molecule has 0 aliphatic carbocycles. The number of ether oxygens (including phenoxy) is 1. The van der Waals surface area contributed by atoms with Gasteiger partial charge in [0, 0.05) is 17.6 Å². The molecule has 1 heterocycles. The Balaban J connectivity index is 0.000000861. The molecule has 102 valence electrons. The van der Waals surface area contributed by atoms with Crippen molar-refractivity contribution in [2.45, 2.75) is 33.8 Å². The van der Waals surface area contributed by atoms with E-state index in [1.54, 1.807) is 13.0 Å². The molecule has 0 radical (unpaired) electrons. The van der Waals surface area contributed by atoms with Gasteiger partial charge in [0.25, 0.3) is 0 Å². The molecule has 1 atom stereocenters. The second kappa shape index (κ2) is 6.70.